The van der Waals surface area contributed by atoms with Crippen LogP contribution in [0.1, 0.15) is 46.2 Å². The molecule has 1 aliphatic rings. The molecule has 1 aliphatic heterocycles. The molecule has 2 heterocycles. The van der Waals surface area contributed by atoms with Gasteiger partial charge in [-0.2, -0.15) is 0 Å². The average molecular weight is 429 g/mol. The van der Waals surface area contributed by atoms with Crippen LogP contribution in [-0.4, -0.2) is 52.7 Å². The largest absolute Gasteiger partial charge is 0.484 e. The molecule has 0 bridgehead atoms. The van der Waals surface area contributed by atoms with E-state index in [1.165, 1.54) is 4.57 Å². The summed E-state index contributed by atoms with van der Waals surface area (Å²) in [7, 11) is 0. The Hall–Kier alpha value is -3.03. The first-order chi connectivity index (χ1) is 14.8. The number of rotatable bonds is 6. The molecular formula is C23H32N4O4. The highest BCUT2D eigenvalue weighted by molar-refractivity contribution is 5.77. The van der Waals surface area contributed by atoms with Crippen LogP contribution in [0.15, 0.2) is 46.0 Å². The Morgan fingerprint density at radius 2 is 1.61 bits per heavy atom. The molecule has 1 fully saturated rings. The van der Waals surface area contributed by atoms with Gasteiger partial charge in [-0.3, -0.25) is 18.7 Å². The van der Waals surface area contributed by atoms with Crippen LogP contribution in [0.25, 0.3) is 0 Å². The highest BCUT2D eigenvalue weighted by Gasteiger charge is 2.24. The summed E-state index contributed by atoms with van der Waals surface area (Å²) in [5, 5.41) is 0. The second-order valence-corrected chi connectivity index (χ2v) is 8.37. The summed E-state index contributed by atoms with van der Waals surface area (Å²) in [4.78, 5) is 42.1. The highest BCUT2D eigenvalue weighted by Crippen LogP contribution is 2.18. The van der Waals surface area contributed by atoms with Crippen molar-refractivity contribution in [3.05, 3.63) is 57.2 Å². The smallest absolute Gasteiger partial charge is 0.333 e. The third-order valence-electron chi connectivity index (χ3n) is 5.46. The molecule has 168 valence electrons. The van der Waals surface area contributed by atoms with Gasteiger partial charge in [0.05, 0.1) is 0 Å². The van der Waals surface area contributed by atoms with Crippen LogP contribution in [0.4, 0.5) is 5.82 Å². The minimum atomic E-state index is -0.291. The molecule has 0 aliphatic carbocycles. The Kier molecular flexibility index (Phi) is 7.20. The Bertz CT molecular complexity index is 1010. The SMILES string of the molecule is CC(C)n1c(N2CCCN(C(=O)COc3ccccc3)CC2)cc(=O)n(C(C)C)c1=O. The summed E-state index contributed by atoms with van der Waals surface area (Å²) in [5.41, 5.74) is -0.582. The fourth-order valence-corrected chi connectivity index (χ4v) is 3.91. The van der Waals surface area contributed by atoms with Crippen LogP contribution < -0.4 is 20.9 Å². The molecule has 0 spiro atoms. The molecule has 1 aromatic heterocycles. The predicted octanol–water partition coefficient (Wildman–Crippen LogP) is 2.29. The van der Waals surface area contributed by atoms with E-state index in [0.29, 0.717) is 37.7 Å². The van der Waals surface area contributed by atoms with Crippen molar-refractivity contribution in [1.82, 2.24) is 14.0 Å². The fraction of sp³-hybridized carbons (Fsp3) is 0.522. The Morgan fingerprint density at radius 1 is 0.935 bits per heavy atom. The number of ether oxygens (including phenoxy) is 1. The first kappa shape index (κ1) is 22.7. The van der Waals surface area contributed by atoms with Gasteiger partial charge in [-0.25, -0.2) is 4.79 Å². The lowest BCUT2D eigenvalue weighted by Gasteiger charge is -2.28. The van der Waals surface area contributed by atoms with Crippen molar-refractivity contribution < 1.29 is 9.53 Å². The van der Waals surface area contributed by atoms with Crippen molar-refractivity contribution >= 4 is 11.7 Å². The van der Waals surface area contributed by atoms with Gasteiger partial charge in [-0.1, -0.05) is 18.2 Å². The lowest BCUT2D eigenvalue weighted by molar-refractivity contribution is -0.133. The minimum Gasteiger partial charge on any atom is -0.484 e. The zero-order chi connectivity index (χ0) is 22.5. The van der Waals surface area contributed by atoms with Crippen molar-refractivity contribution in [2.45, 2.75) is 46.2 Å². The average Bonchev–Trinajstić information content (AvgIpc) is 2.98. The van der Waals surface area contributed by atoms with Crippen molar-refractivity contribution in [1.29, 1.82) is 0 Å². The number of aromatic nitrogens is 2. The van der Waals surface area contributed by atoms with Crippen molar-refractivity contribution in [2.24, 2.45) is 0 Å². The lowest BCUT2D eigenvalue weighted by atomic mass is 10.3. The Balaban J connectivity index is 1.75. The van der Waals surface area contributed by atoms with E-state index in [1.807, 2.05) is 62.9 Å². The summed E-state index contributed by atoms with van der Waals surface area (Å²) >= 11 is 0. The topological polar surface area (TPSA) is 76.8 Å². The number of hydrogen-bond donors (Lipinski definition) is 0. The molecule has 1 amide bonds. The molecule has 0 atom stereocenters. The van der Waals surface area contributed by atoms with Crippen molar-refractivity contribution in [3.8, 4) is 5.75 Å². The van der Waals surface area contributed by atoms with E-state index in [4.69, 9.17) is 4.74 Å². The standard InChI is InChI=1S/C23H32N4O4/c1-17(2)26-20(15-21(28)27(18(3)4)23(26)30)24-11-8-12-25(14-13-24)22(29)16-31-19-9-6-5-7-10-19/h5-7,9-10,15,17-18H,8,11-14,16H2,1-4H3. The molecule has 1 saturated heterocycles. The predicted molar refractivity (Wildman–Crippen MR) is 121 cm³/mol. The van der Waals surface area contributed by atoms with E-state index in [-0.39, 0.29) is 35.8 Å². The number of anilines is 1. The molecule has 0 radical (unpaired) electrons. The van der Waals surface area contributed by atoms with Crippen LogP contribution >= 0.6 is 0 Å². The van der Waals surface area contributed by atoms with Gasteiger partial charge in [-0.05, 0) is 46.2 Å². The van der Waals surface area contributed by atoms with Gasteiger partial charge >= 0.3 is 5.69 Å². The lowest BCUT2D eigenvalue weighted by Crippen LogP contribution is -2.45. The van der Waals surface area contributed by atoms with Crippen LogP contribution in [0.2, 0.25) is 0 Å². The molecule has 0 saturated carbocycles. The summed E-state index contributed by atoms with van der Waals surface area (Å²) in [6, 6.07) is 10.5. The fourth-order valence-electron chi connectivity index (χ4n) is 3.91. The highest BCUT2D eigenvalue weighted by atomic mass is 16.5. The maximum atomic E-state index is 13.0. The number of nitrogens with zero attached hydrogens (tertiary/aromatic N) is 4. The van der Waals surface area contributed by atoms with Crippen LogP contribution in [0.5, 0.6) is 5.75 Å². The molecule has 3 rings (SSSR count). The third-order valence-corrected chi connectivity index (χ3v) is 5.46. The van der Waals surface area contributed by atoms with Crippen LogP contribution in [-0.2, 0) is 4.79 Å². The number of carbonyl (C=O) groups excluding carboxylic acids is 1. The molecular weight excluding hydrogens is 396 g/mol. The first-order valence-corrected chi connectivity index (χ1v) is 10.9. The van der Waals surface area contributed by atoms with Crippen molar-refractivity contribution in [3.63, 3.8) is 0 Å². The molecule has 0 unspecified atom stereocenters. The number of para-hydroxylation sites is 1. The van der Waals surface area contributed by atoms with E-state index in [9.17, 15) is 14.4 Å². The molecule has 0 N–H and O–H groups in total. The Labute approximate surface area is 182 Å². The normalized spacial score (nSPS) is 14.8. The number of benzene rings is 1. The molecule has 8 heteroatoms. The first-order valence-electron chi connectivity index (χ1n) is 10.9. The van der Waals surface area contributed by atoms with Gasteiger partial charge < -0.3 is 14.5 Å². The zero-order valence-corrected chi connectivity index (χ0v) is 18.8. The second-order valence-electron chi connectivity index (χ2n) is 8.37. The van der Waals surface area contributed by atoms with E-state index < -0.39 is 0 Å². The maximum absolute atomic E-state index is 13.0. The van der Waals surface area contributed by atoms with E-state index in [2.05, 4.69) is 0 Å². The summed E-state index contributed by atoms with van der Waals surface area (Å²) in [6.07, 6.45) is 0.747. The number of carbonyl (C=O) groups is 1. The summed E-state index contributed by atoms with van der Waals surface area (Å²) in [5.74, 6) is 1.22. The Morgan fingerprint density at radius 3 is 2.26 bits per heavy atom. The van der Waals surface area contributed by atoms with Crippen LogP contribution in [0.3, 0.4) is 0 Å². The molecule has 8 nitrogen and oxygen atoms in total. The van der Waals surface area contributed by atoms with Gasteiger partial charge in [0, 0.05) is 44.3 Å². The van der Waals surface area contributed by atoms with Crippen LogP contribution in [0, 0.1) is 0 Å². The number of amides is 1. The molecule has 31 heavy (non-hydrogen) atoms. The van der Waals surface area contributed by atoms with Gasteiger partial charge in [0.2, 0.25) is 0 Å². The molecule has 1 aromatic carbocycles. The van der Waals surface area contributed by atoms with Gasteiger partial charge in [-0.15, -0.1) is 0 Å². The molecule has 2 aromatic rings. The van der Waals surface area contributed by atoms with Gasteiger partial charge in [0.25, 0.3) is 11.5 Å². The summed E-state index contributed by atoms with van der Waals surface area (Å²) < 4.78 is 8.56. The van der Waals surface area contributed by atoms with E-state index >= 15 is 0 Å². The van der Waals surface area contributed by atoms with Crippen molar-refractivity contribution in [2.75, 3.05) is 37.7 Å². The summed E-state index contributed by atoms with van der Waals surface area (Å²) in [6.45, 7) is 9.88. The maximum Gasteiger partial charge on any atom is 0.333 e. The van der Waals surface area contributed by atoms with Gasteiger partial charge in [0.1, 0.15) is 11.6 Å². The van der Waals surface area contributed by atoms with E-state index in [1.54, 1.807) is 15.5 Å². The van der Waals surface area contributed by atoms with Gasteiger partial charge in [0.15, 0.2) is 6.61 Å². The monoisotopic (exact) mass is 428 g/mol. The quantitative estimate of drug-likeness (QED) is 0.706. The minimum absolute atomic E-state index is 0.00878. The zero-order valence-electron chi connectivity index (χ0n) is 18.8. The van der Waals surface area contributed by atoms with E-state index in [0.717, 1.165) is 6.42 Å². The number of hydrogen-bond acceptors (Lipinski definition) is 5. The third kappa shape index (κ3) is 5.18. The second kappa shape index (κ2) is 9.85.